The Morgan fingerprint density at radius 3 is 1.32 bits per heavy atom. The molecule has 25 heteroatoms. The summed E-state index contributed by atoms with van der Waals surface area (Å²) in [6.07, 6.45) is 32.7. The second-order valence-electron chi connectivity index (χ2n) is 41.6. The number of fused-ring (bicyclic) bond motifs is 12. The molecule has 8 spiro atoms. The molecular weight excluding hydrogens is 1720 g/mol. The fourth-order valence-electron chi connectivity index (χ4n) is 26.1. The molecule has 7 atom stereocenters. The average Bonchev–Trinajstić information content (AvgIpc) is 1.54. The molecule has 4 amide bonds. The van der Waals surface area contributed by atoms with Gasteiger partial charge in [0.1, 0.15) is 6.10 Å². The number of ether oxygens (including phenoxy) is 7. The number of carbonyl (C=O) groups is 4. The second kappa shape index (κ2) is 37.3. The molecule has 6 unspecified atom stereocenters. The van der Waals surface area contributed by atoms with E-state index >= 15 is 0 Å². The van der Waals surface area contributed by atoms with Gasteiger partial charge in [-0.25, -0.2) is 20.0 Å². The van der Waals surface area contributed by atoms with E-state index in [9.17, 15) is 19.2 Å². The van der Waals surface area contributed by atoms with Gasteiger partial charge in [0, 0.05) is 125 Å². The number of hydrogen-bond acceptors (Lipinski definition) is 20. The van der Waals surface area contributed by atoms with Crippen molar-refractivity contribution < 1.29 is 52.3 Å². The Morgan fingerprint density at radius 1 is 0.470 bits per heavy atom. The molecule has 6 heterocycles. The van der Waals surface area contributed by atoms with E-state index in [1.807, 2.05) is 35.2 Å². The maximum atomic E-state index is 14.6. The van der Waals surface area contributed by atoms with Gasteiger partial charge in [-0.1, -0.05) is 119 Å². The fourth-order valence-corrected chi connectivity index (χ4v) is 26.4. The molecule has 22 rings (SSSR count). The highest BCUT2D eigenvalue weighted by Crippen LogP contribution is 2.67. The summed E-state index contributed by atoms with van der Waals surface area (Å²) in [7, 11) is 12.6. The molecule has 0 radical (unpaired) electrons. The Hall–Kier alpha value is -8.86. The molecule has 132 heavy (non-hydrogen) atoms. The van der Waals surface area contributed by atoms with Gasteiger partial charge in [0.05, 0.1) is 43.6 Å². The molecule has 11 aliphatic carbocycles. The minimum atomic E-state index is -1.03. The van der Waals surface area contributed by atoms with Crippen LogP contribution in [0.1, 0.15) is 246 Å². The number of nitrogens with zero attached hydrogens (tertiary/aromatic N) is 9. The van der Waals surface area contributed by atoms with Crippen molar-refractivity contribution >= 4 is 63.4 Å². The minimum Gasteiger partial charge on any atom is -0.385 e. The van der Waals surface area contributed by atoms with E-state index in [4.69, 9.17) is 76.1 Å². The van der Waals surface area contributed by atoms with Crippen molar-refractivity contribution in [3.63, 3.8) is 0 Å². The van der Waals surface area contributed by atoms with E-state index in [0.717, 1.165) is 230 Å². The number of aliphatic imine (C=N–C) groups is 4. The number of likely N-dealkylation sites (tertiary alicyclic amines) is 1. The Labute approximate surface area is 788 Å². The minimum absolute atomic E-state index is 0.0261. The largest absolute Gasteiger partial charge is 0.385 e. The lowest BCUT2D eigenvalue weighted by atomic mass is 9.61. The van der Waals surface area contributed by atoms with Gasteiger partial charge < -0.3 is 61.0 Å². The summed E-state index contributed by atoms with van der Waals surface area (Å²) >= 11 is 3.61. The van der Waals surface area contributed by atoms with E-state index in [0.29, 0.717) is 68.4 Å². The van der Waals surface area contributed by atoms with Crippen molar-refractivity contribution in [2.45, 2.75) is 264 Å². The lowest BCUT2D eigenvalue weighted by Gasteiger charge is -2.45. The number of aryl methyl sites for hydroxylation is 1. The highest BCUT2D eigenvalue weighted by atomic mass is 79.9. The summed E-state index contributed by atoms with van der Waals surface area (Å²) in [5.41, 5.74) is 34.6. The Balaban J connectivity index is 0.000000114. The molecule has 6 aliphatic heterocycles. The number of carbonyl (C=O) groups excluding carboxylic acids is 4. The van der Waals surface area contributed by atoms with Gasteiger partial charge in [-0.2, -0.15) is 0 Å². The first-order valence-electron chi connectivity index (χ1n) is 49.3. The van der Waals surface area contributed by atoms with E-state index in [2.05, 4.69) is 124 Å². The molecule has 0 bridgehead atoms. The van der Waals surface area contributed by atoms with Gasteiger partial charge in [0.15, 0.2) is 46.0 Å². The number of nitrogens with two attached hydrogens (primary N) is 4. The zero-order valence-corrected chi connectivity index (χ0v) is 80.2. The Morgan fingerprint density at radius 2 is 0.894 bits per heavy atom. The third kappa shape index (κ3) is 16.4. The number of benzene rings is 5. The SMILES string of the molecule is COC1CCC2(CC1)Cc1ccc(Br)cc1C21N=C(N)N(CC2CCCO2)C1=O.COC1CCC2(CC1)Cc1ccc(C#CC3CC3)cc1C21N=C(N)N(CC2CCN(C)C2)C1=O.COC1CCC2(CC1)Cc1ccc(C#CC3CC3)cc1C21N=C(N)N(C[C@H](OC)c2ccccc2)C1=O.COCCCN1C(=O)C2(N=C1N)c1cc(CCC3CC3)ccc1CC21CCC(OC)CC1. The molecule has 702 valence electrons. The molecule has 24 nitrogen and oxygen atoms in total. The van der Waals surface area contributed by atoms with Crippen molar-refractivity contribution in [3.05, 3.63) is 174 Å². The number of rotatable bonds is 19. The van der Waals surface area contributed by atoms with Crippen LogP contribution in [0, 0.1) is 69.0 Å². The number of halogens is 1. The predicted molar refractivity (Wildman–Crippen MR) is 513 cm³/mol. The topological polar surface area (TPSA) is 303 Å². The van der Waals surface area contributed by atoms with Gasteiger partial charge in [-0.05, 0) is 310 Å². The smallest absolute Gasteiger partial charge is 0.262 e. The number of hydrogen-bond donors (Lipinski definition) is 4. The molecule has 2 saturated heterocycles. The van der Waals surface area contributed by atoms with Crippen LogP contribution in [0.25, 0.3) is 0 Å². The zero-order valence-electron chi connectivity index (χ0n) is 78.6. The molecule has 8 N–H and O–H groups in total. The van der Waals surface area contributed by atoms with Crippen molar-refractivity contribution in [2.24, 2.45) is 88.2 Å². The first kappa shape index (κ1) is 92.2. The molecule has 0 aromatic heterocycles. The molecule has 9 fully saturated rings. The summed E-state index contributed by atoms with van der Waals surface area (Å²) in [6.45, 7) is 5.47. The van der Waals surface area contributed by atoms with Crippen LogP contribution in [-0.4, -0.2) is 205 Å². The van der Waals surface area contributed by atoms with Crippen molar-refractivity contribution in [3.8, 4) is 23.7 Å². The highest BCUT2D eigenvalue weighted by Gasteiger charge is 2.72. The van der Waals surface area contributed by atoms with Crippen LogP contribution >= 0.6 is 15.9 Å². The van der Waals surface area contributed by atoms with Gasteiger partial charge in [-0.3, -0.25) is 38.8 Å². The van der Waals surface area contributed by atoms with Crippen molar-refractivity contribution in [1.29, 1.82) is 0 Å². The fraction of sp³-hybridized carbons (Fsp3) is 0.607. The van der Waals surface area contributed by atoms with Crippen LogP contribution in [0.4, 0.5) is 0 Å². The van der Waals surface area contributed by atoms with E-state index < -0.39 is 22.2 Å². The number of methoxy groups -OCH3 is 6. The van der Waals surface area contributed by atoms with Gasteiger partial charge >= 0.3 is 0 Å². The van der Waals surface area contributed by atoms with Gasteiger partial charge in [0.2, 0.25) is 0 Å². The maximum Gasteiger partial charge on any atom is 0.262 e. The van der Waals surface area contributed by atoms with Crippen molar-refractivity contribution in [1.82, 2.24) is 24.5 Å². The second-order valence-corrected chi connectivity index (χ2v) is 42.5. The average molecular weight is 1860 g/mol. The first-order valence-corrected chi connectivity index (χ1v) is 50.1. The summed E-state index contributed by atoms with van der Waals surface area (Å²) < 4.78 is 40.5. The molecular formula is C107H136BrN13O11. The molecule has 17 aliphatic rings. The van der Waals surface area contributed by atoms with Crippen LogP contribution < -0.4 is 22.9 Å². The first-order chi connectivity index (χ1) is 63.9. The summed E-state index contributed by atoms with van der Waals surface area (Å²) in [4.78, 5) is 86.8. The zero-order chi connectivity index (χ0) is 91.7. The normalized spacial score (nSPS) is 32.8. The summed E-state index contributed by atoms with van der Waals surface area (Å²) in [5, 5.41) is 0. The van der Waals surface area contributed by atoms with Crippen LogP contribution in [-0.2, 0) is 107 Å². The third-order valence-electron chi connectivity index (χ3n) is 34.0. The van der Waals surface area contributed by atoms with Crippen LogP contribution in [0.2, 0.25) is 0 Å². The maximum absolute atomic E-state index is 14.6. The predicted octanol–water partition coefficient (Wildman–Crippen LogP) is 13.9. The number of amides is 4. The van der Waals surface area contributed by atoms with Gasteiger partial charge in [-0.15, -0.1) is 0 Å². The Bertz CT molecular complexity index is 5450. The van der Waals surface area contributed by atoms with Crippen molar-refractivity contribution in [2.75, 3.05) is 102 Å². The van der Waals surface area contributed by atoms with E-state index in [1.54, 1.807) is 57.4 Å². The lowest BCUT2D eigenvalue weighted by Crippen LogP contribution is -2.53. The van der Waals surface area contributed by atoms with Gasteiger partial charge in [0.25, 0.3) is 23.6 Å². The standard InChI is InChI=1S/C31H35N3O3.C28H36N4O2.C26H37N3O3.C22H28BrN3O3/c1-36-25-14-16-30(17-15-25)19-24-13-12-22(11-10-21-8-9-21)18-26(24)31(30)28(35)34(29(32)33-31)20-27(37-2)23-6-4-3-5-7-23;1-31-14-11-21(17-31)18-32-25(33)28(30-26(32)29)24-15-20(6-5-19-3-4-19)7-8-22(24)16-27(28)12-9-23(34-2)10-13-27;1-31-15-3-14-29-23(30)26(28-24(29)27)22-16-19(7-6-18-4-5-18)8-9-20(22)17-25(26)12-10-21(32-2)11-13-25;1-28-16-6-8-21(9-7-16)12-14-4-5-15(23)11-18(14)22(21)19(27)26(20(24)25-22)13-17-3-2-10-29-17/h3-7,12-13,18,21,25,27H,8-9,14-17,19-20H2,1-2H3,(H2,32,33);7-8,15,19,21,23H,3-4,9-14,16-18H2,1-2H3,(H2,29,30);8-9,16,18,21H,3-7,10-15,17H2,1-2H3,(H2,27,28);4-5,11,16-17H,2-3,6-10,12-13H2,1H3,(H2,24,25)/t25?,27-,30?,31?;;;/m0.../s1. The molecule has 5 aromatic rings. The summed E-state index contributed by atoms with van der Waals surface area (Å²) in [6, 6.07) is 35.9. The van der Waals surface area contributed by atoms with Crippen LogP contribution in [0.3, 0.4) is 0 Å². The van der Waals surface area contributed by atoms with Crippen LogP contribution in [0.15, 0.2) is 128 Å². The Kier molecular flexibility index (Phi) is 26.1. The highest BCUT2D eigenvalue weighted by molar-refractivity contribution is 9.10. The number of guanidine groups is 4. The quantitative estimate of drug-likeness (QED) is 0.0441. The molecule has 7 saturated carbocycles. The summed E-state index contributed by atoms with van der Waals surface area (Å²) in [5.74, 6) is 17.4. The third-order valence-corrected chi connectivity index (χ3v) is 34.5. The van der Waals surface area contributed by atoms with E-state index in [1.165, 1.54) is 72.8 Å². The monoisotopic (exact) mass is 1860 g/mol. The lowest BCUT2D eigenvalue weighted by molar-refractivity contribution is -0.140. The van der Waals surface area contributed by atoms with Crippen LogP contribution in [0.5, 0.6) is 0 Å². The molecule has 5 aromatic carbocycles. The van der Waals surface area contributed by atoms with E-state index in [-0.39, 0.29) is 87.9 Å².